The van der Waals surface area contributed by atoms with Gasteiger partial charge < -0.3 is 16.0 Å². The minimum Gasteiger partial charge on any atom is -0.352 e. The average molecular weight is 261 g/mol. The van der Waals surface area contributed by atoms with E-state index in [1.807, 2.05) is 24.3 Å². The lowest BCUT2D eigenvalue weighted by Crippen LogP contribution is -2.31. The number of rotatable bonds is 4. The zero-order valence-electron chi connectivity index (χ0n) is 11.0. The summed E-state index contributed by atoms with van der Waals surface area (Å²) in [6.45, 7) is 3.69. The van der Waals surface area contributed by atoms with E-state index in [2.05, 4.69) is 16.0 Å². The molecule has 1 aromatic rings. The molecule has 2 amide bonds. The van der Waals surface area contributed by atoms with Gasteiger partial charge in [0.2, 0.25) is 11.8 Å². The Bertz CT molecular complexity index is 450. The molecule has 0 aliphatic carbocycles. The SMILES string of the molecule is CC(=O)Nc1ccc(CNC(=O)C2CCNC2)cc1. The fraction of sp³-hybridized carbons (Fsp3) is 0.429. The molecule has 0 aromatic heterocycles. The van der Waals surface area contributed by atoms with Crippen LogP contribution in [0.4, 0.5) is 5.69 Å². The molecule has 1 atom stereocenters. The molecule has 1 saturated heterocycles. The van der Waals surface area contributed by atoms with E-state index in [9.17, 15) is 9.59 Å². The molecule has 0 saturated carbocycles. The van der Waals surface area contributed by atoms with Crippen molar-refractivity contribution in [3.05, 3.63) is 29.8 Å². The van der Waals surface area contributed by atoms with E-state index in [1.54, 1.807) is 0 Å². The summed E-state index contributed by atoms with van der Waals surface area (Å²) in [5.74, 6) is 0.115. The highest BCUT2D eigenvalue weighted by Gasteiger charge is 2.21. The van der Waals surface area contributed by atoms with Crippen LogP contribution in [0.1, 0.15) is 18.9 Å². The number of carbonyl (C=O) groups is 2. The molecule has 0 bridgehead atoms. The first-order valence-electron chi connectivity index (χ1n) is 6.50. The molecular weight excluding hydrogens is 242 g/mol. The van der Waals surface area contributed by atoms with Gasteiger partial charge in [0, 0.05) is 25.7 Å². The summed E-state index contributed by atoms with van der Waals surface area (Å²) >= 11 is 0. The van der Waals surface area contributed by atoms with Gasteiger partial charge in [-0.15, -0.1) is 0 Å². The van der Waals surface area contributed by atoms with Gasteiger partial charge in [0.15, 0.2) is 0 Å². The summed E-state index contributed by atoms with van der Waals surface area (Å²) in [5.41, 5.74) is 1.79. The van der Waals surface area contributed by atoms with Crippen molar-refractivity contribution < 1.29 is 9.59 Å². The number of anilines is 1. The van der Waals surface area contributed by atoms with Crippen LogP contribution < -0.4 is 16.0 Å². The molecule has 1 aliphatic heterocycles. The highest BCUT2D eigenvalue weighted by molar-refractivity contribution is 5.88. The fourth-order valence-corrected chi connectivity index (χ4v) is 2.12. The number of hydrogen-bond donors (Lipinski definition) is 3. The van der Waals surface area contributed by atoms with Gasteiger partial charge >= 0.3 is 0 Å². The number of nitrogens with one attached hydrogen (secondary N) is 3. The first-order valence-corrected chi connectivity index (χ1v) is 6.50. The van der Waals surface area contributed by atoms with Gasteiger partial charge in [0.05, 0.1) is 5.92 Å². The smallest absolute Gasteiger partial charge is 0.224 e. The van der Waals surface area contributed by atoms with Crippen molar-refractivity contribution in [2.24, 2.45) is 5.92 Å². The lowest BCUT2D eigenvalue weighted by molar-refractivity contribution is -0.124. The van der Waals surface area contributed by atoms with Crippen molar-refractivity contribution in [1.82, 2.24) is 10.6 Å². The maximum atomic E-state index is 11.8. The van der Waals surface area contributed by atoms with Gasteiger partial charge in [-0.05, 0) is 30.7 Å². The molecule has 1 fully saturated rings. The molecular formula is C14H19N3O2. The predicted molar refractivity (Wildman–Crippen MR) is 73.6 cm³/mol. The molecule has 102 valence electrons. The number of carbonyl (C=O) groups excluding carboxylic acids is 2. The molecule has 1 heterocycles. The van der Waals surface area contributed by atoms with E-state index in [4.69, 9.17) is 0 Å². The van der Waals surface area contributed by atoms with Crippen LogP contribution in [0.3, 0.4) is 0 Å². The number of amides is 2. The monoisotopic (exact) mass is 261 g/mol. The van der Waals surface area contributed by atoms with E-state index in [0.717, 1.165) is 30.8 Å². The molecule has 0 spiro atoms. The maximum absolute atomic E-state index is 11.8. The van der Waals surface area contributed by atoms with Crippen molar-refractivity contribution in [3.8, 4) is 0 Å². The Labute approximate surface area is 112 Å². The Balaban J connectivity index is 1.82. The standard InChI is InChI=1S/C14H19N3O2/c1-10(18)17-13-4-2-11(3-5-13)8-16-14(19)12-6-7-15-9-12/h2-5,12,15H,6-9H2,1H3,(H,16,19)(H,17,18). The van der Waals surface area contributed by atoms with Crippen LogP contribution >= 0.6 is 0 Å². The van der Waals surface area contributed by atoms with E-state index >= 15 is 0 Å². The van der Waals surface area contributed by atoms with Crippen LogP contribution in [0.15, 0.2) is 24.3 Å². The third-order valence-electron chi connectivity index (χ3n) is 3.17. The zero-order chi connectivity index (χ0) is 13.7. The largest absolute Gasteiger partial charge is 0.352 e. The van der Waals surface area contributed by atoms with Crippen molar-refractivity contribution >= 4 is 17.5 Å². The molecule has 0 radical (unpaired) electrons. The Morgan fingerprint density at radius 2 is 2.05 bits per heavy atom. The lowest BCUT2D eigenvalue weighted by atomic mass is 10.1. The van der Waals surface area contributed by atoms with Crippen LogP contribution in [-0.2, 0) is 16.1 Å². The number of hydrogen-bond acceptors (Lipinski definition) is 3. The van der Waals surface area contributed by atoms with Crippen LogP contribution in [0.25, 0.3) is 0 Å². The highest BCUT2D eigenvalue weighted by Crippen LogP contribution is 2.11. The van der Waals surface area contributed by atoms with Crippen molar-refractivity contribution in [2.45, 2.75) is 19.9 Å². The van der Waals surface area contributed by atoms with Crippen molar-refractivity contribution in [1.29, 1.82) is 0 Å². The van der Waals surface area contributed by atoms with Gasteiger partial charge in [-0.1, -0.05) is 12.1 Å². The molecule has 1 unspecified atom stereocenters. The Hall–Kier alpha value is -1.88. The molecule has 3 N–H and O–H groups in total. The lowest BCUT2D eigenvalue weighted by Gasteiger charge is -2.10. The predicted octanol–water partition coefficient (Wildman–Crippen LogP) is 0.871. The zero-order valence-corrected chi connectivity index (χ0v) is 11.0. The van der Waals surface area contributed by atoms with E-state index < -0.39 is 0 Å². The maximum Gasteiger partial charge on any atom is 0.224 e. The molecule has 1 aromatic carbocycles. The molecule has 2 rings (SSSR count). The third-order valence-corrected chi connectivity index (χ3v) is 3.17. The quantitative estimate of drug-likeness (QED) is 0.753. The van der Waals surface area contributed by atoms with Crippen LogP contribution in [0, 0.1) is 5.92 Å². The van der Waals surface area contributed by atoms with Crippen LogP contribution in [-0.4, -0.2) is 24.9 Å². The normalized spacial score (nSPS) is 18.1. The highest BCUT2D eigenvalue weighted by atomic mass is 16.2. The molecule has 1 aliphatic rings. The number of benzene rings is 1. The summed E-state index contributed by atoms with van der Waals surface area (Å²) in [4.78, 5) is 22.7. The van der Waals surface area contributed by atoms with Gasteiger partial charge in [0.25, 0.3) is 0 Å². The second kappa shape index (κ2) is 6.33. The second-order valence-corrected chi connectivity index (χ2v) is 4.79. The average Bonchev–Trinajstić information content (AvgIpc) is 2.91. The molecule has 5 heteroatoms. The molecule has 5 nitrogen and oxygen atoms in total. The summed E-state index contributed by atoms with van der Waals surface area (Å²) in [6, 6.07) is 7.47. The topological polar surface area (TPSA) is 70.2 Å². The summed E-state index contributed by atoms with van der Waals surface area (Å²) in [7, 11) is 0. The molecule has 19 heavy (non-hydrogen) atoms. The first-order chi connectivity index (χ1) is 9.15. The summed E-state index contributed by atoms with van der Waals surface area (Å²) in [6.07, 6.45) is 0.910. The minimum absolute atomic E-state index is 0.0882. The third kappa shape index (κ3) is 4.06. The minimum atomic E-state index is -0.0882. The van der Waals surface area contributed by atoms with Gasteiger partial charge in [-0.2, -0.15) is 0 Å². The fourth-order valence-electron chi connectivity index (χ4n) is 2.12. The van der Waals surface area contributed by atoms with Crippen LogP contribution in [0.5, 0.6) is 0 Å². The summed E-state index contributed by atoms with van der Waals surface area (Å²) in [5, 5.41) is 8.82. The van der Waals surface area contributed by atoms with Crippen LogP contribution in [0.2, 0.25) is 0 Å². The van der Waals surface area contributed by atoms with Crippen molar-refractivity contribution in [3.63, 3.8) is 0 Å². The Morgan fingerprint density at radius 3 is 2.63 bits per heavy atom. The van der Waals surface area contributed by atoms with Gasteiger partial charge in [-0.25, -0.2) is 0 Å². The van der Waals surface area contributed by atoms with Gasteiger partial charge in [-0.3, -0.25) is 9.59 Å². The Morgan fingerprint density at radius 1 is 1.32 bits per heavy atom. The van der Waals surface area contributed by atoms with Gasteiger partial charge in [0.1, 0.15) is 0 Å². The Kier molecular flexibility index (Phi) is 4.52. The second-order valence-electron chi connectivity index (χ2n) is 4.79. The van der Waals surface area contributed by atoms with Crippen molar-refractivity contribution in [2.75, 3.05) is 18.4 Å². The summed E-state index contributed by atoms with van der Waals surface area (Å²) < 4.78 is 0. The first kappa shape index (κ1) is 13.5. The van der Waals surface area contributed by atoms with E-state index in [-0.39, 0.29) is 17.7 Å². The van der Waals surface area contributed by atoms with E-state index in [0.29, 0.717) is 6.54 Å². The van der Waals surface area contributed by atoms with E-state index in [1.165, 1.54) is 6.92 Å².